The van der Waals surface area contributed by atoms with Crippen molar-refractivity contribution in [2.75, 3.05) is 20.2 Å². The number of rotatable bonds is 4. The van der Waals surface area contributed by atoms with Gasteiger partial charge in [-0.3, -0.25) is 10.1 Å². The maximum absolute atomic E-state index is 12.7. The number of ether oxygens (including phenoxy) is 1. The lowest BCUT2D eigenvalue weighted by Gasteiger charge is -2.30. The van der Waals surface area contributed by atoms with E-state index in [0.717, 1.165) is 18.9 Å². The Morgan fingerprint density at radius 3 is 2.71 bits per heavy atom. The highest BCUT2D eigenvalue weighted by molar-refractivity contribution is 7.89. The Labute approximate surface area is 123 Å². The van der Waals surface area contributed by atoms with Gasteiger partial charge in [-0.15, -0.1) is 0 Å². The number of sulfonamides is 1. The molecule has 116 valence electrons. The summed E-state index contributed by atoms with van der Waals surface area (Å²) in [7, 11) is -2.39. The minimum atomic E-state index is -3.69. The van der Waals surface area contributed by atoms with E-state index in [2.05, 4.69) is 0 Å². The average Bonchev–Trinajstić information content (AvgIpc) is 2.46. The average molecular weight is 314 g/mol. The molecule has 0 saturated carbocycles. The van der Waals surface area contributed by atoms with E-state index in [0.29, 0.717) is 19.0 Å². The topological polar surface area (TPSA) is 89.7 Å². The first-order valence-electron chi connectivity index (χ1n) is 6.69. The van der Waals surface area contributed by atoms with Gasteiger partial charge < -0.3 is 4.74 Å². The quantitative estimate of drug-likeness (QED) is 0.626. The van der Waals surface area contributed by atoms with Crippen LogP contribution in [-0.4, -0.2) is 37.8 Å². The van der Waals surface area contributed by atoms with E-state index < -0.39 is 14.9 Å². The molecule has 7 nitrogen and oxygen atoms in total. The third-order valence-corrected chi connectivity index (χ3v) is 5.50. The summed E-state index contributed by atoms with van der Waals surface area (Å²) in [6.07, 6.45) is 1.82. The molecule has 1 heterocycles. The molecule has 0 unspecified atom stereocenters. The van der Waals surface area contributed by atoms with Gasteiger partial charge in [0.2, 0.25) is 10.0 Å². The van der Waals surface area contributed by atoms with Crippen LogP contribution in [0.25, 0.3) is 0 Å². The first-order chi connectivity index (χ1) is 9.86. The monoisotopic (exact) mass is 314 g/mol. The van der Waals surface area contributed by atoms with Gasteiger partial charge in [0.25, 0.3) is 5.69 Å². The second kappa shape index (κ2) is 5.98. The van der Waals surface area contributed by atoms with Crippen molar-refractivity contribution in [3.05, 3.63) is 28.3 Å². The molecule has 0 bridgehead atoms. The second-order valence-corrected chi connectivity index (χ2v) is 7.11. The van der Waals surface area contributed by atoms with Crippen LogP contribution in [0.3, 0.4) is 0 Å². The van der Waals surface area contributed by atoms with Crippen molar-refractivity contribution >= 4 is 15.7 Å². The molecule has 1 atom stereocenters. The minimum absolute atomic E-state index is 0.00225. The third-order valence-electron chi connectivity index (χ3n) is 3.60. The van der Waals surface area contributed by atoms with Crippen molar-refractivity contribution in [3.63, 3.8) is 0 Å². The molecule has 1 aromatic rings. The molecule has 0 radical (unpaired) electrons. The molecule has 21 heavy (non-hydrogen) atoms. The Balaban J connectivity index is 2.42. The van der Waals surface area contributed by atoms with Gasteiger partial charge >= 0.3 is 0 Å². The Morgan fingerprint density at radius 1 is 1.43 bits per heavy atom. The Hall–Kier alpha value is -1.67. The number of benzene rings is 1. The van der Waals surface area contributed by atoms with Crippen molar-refractivity contribution in [1.82, 2.24) is 4.31 Å². The predicted octanol–water partition coefficient (Wildman–Crippen LogP) is 2.02. The highest BCUT2D eigenvalue weighted by Gasteiger charge is 2.31. The summed E-state index contributed by atoms with van der Waals surface area (Å²) in [4.78, 5) is 10.2. The van der Waals surface area contributed by atoms with Gasteiger partial charge in [-0.1, -0.05) is 6.92 Å². The molecule has 8 heteroatoms. The number of methoxy groups -OCH3 is 1. The molecule has 1 fully saturated rings. The van der Waals surface area contributed by atoms with E-state index in [-0.39, 0.29) is 16.3 Å². The van der Waals surface area contributed by atoms with E-state index in [9.17, 15) is 18.5 Å². The van der Waals surface area contributed by atoms with Gasteiger partial charge in [-0.2, -0.15) is 4.31 Å². The molecule has 1 saturated heterocycles. The van der Waals surface area contributed by atoms with Gasteiger partial charge in [-0.05, 0) is 24.8 Å². The van der Waals surface area contributed by atoms with Crippen LogP contribution in [0.5, 0.6) is 5.75 Å². The molecular formula is C13H18N2O5S. The van der Waals surface area contributed by atoms with Crippen LogP contribution in [0.4, 0.5) is 5.69 Å². The first-order valence-corrected chi connectivity index (χ1v) is 8.13. The van der Waals surface area contributed by atoms with Crippen LogP contribution in [0.15, 0.2) is 23.1 Å². The molecule has 0 aromatic heterocycles. The van der Waals surface area contributed by atoms with Gasteiger partial charge in [0, 0.05) is 19.2 Å². The normalized spacial score (nSPS) is 20.2. The zero-order valence-corrected chi connectivity index (χ0v) is 12.8. The Morgan fingerprint density at radius 2 is 2.14 bits per heavy atom. The number of nitro benzene ring substituents is 1. The number of non-ortho nitro benzene ring substituents is 1. The lowest BCUT2D eigenvalue weighted by molar-refractivity contribution is -0.385. The first kappa shape index (κ1) is 15.7. The van der Waals surface area contributed by atoms with Crippen LogP contribution in [0.1, 0.15) is 19.8 Å². The van der Waals surface area contributed by atoms with Crippen molar-refractivity contribution in [2.45, 2.75) is 24.7 Å². The lowest BCUT2D eigenvalue weighted by atomic mass is 10.0. The lowest BCUT2D eigenvalue weighted by Crippen LogP contribution is -2.39. The standard InChI is InChI=1S/C13H18N2O5S/c1-10-4-3-7-14(9-10)21(18,19)13-6-5-11(15(16)17)8-12(13)20-2/h5-6,8,10H,3-4,7,9H2,1-2H3/t10-/m0/s1. The van der Waals surface area contributed by atoms with E-state index in [1.54, 1.807) is 0 Å². The largest absolute Gasteiger partial charge is 0.495 e. The molecule has 1 aromatic carbocycles. The van der Waals surface area contributed by atoms with E-state index in [1.807, 2.05) is 6.92 Å². The highest BCUT2D eigenvalue weighted by atomic mass is 32.2. The predicted molar refractivity (Wildman–Crippen MR) is 76.8 cm³/mol. The molecule has 1 aliphatic rings. The second-order valence-electron chi connectivity index (χ2n) is 5.20. The SMILES string of the molecule is COc1cc([N+](=O)[O-])ccc1S(=O)(=O)N1CCC[C@H](C)C1. The van der Waals surface area contributed by atoms with Crippen molar-refractivity contribution < 1.29 is 18.1 Å². The zero-order chi connectivity index (χ0) is 15.6. The number of nitrogens with zero attached hydrogens (tertiary/aromatic N) is 2. The number of hydrogen-bond donors (Lipinski definition) is 0. The molecule has 2 rings (SSSR count). The van der Waals surface area contributed by atoms with Gasteiger partial charge in [0.1, 0.15) is 10.6 Å². The summed E-state index contributed by atoms with van der Waals surface area (Å²) in [5.74, 6) is 0.306. The fourth-order valence-corrected chi connectivity index (χ4v) is 4.22. The van der Waals surface area contributed by atoms with Gasteiger partial charge in [0.15, 0.2) is 0 Å². The highest BCUT2D eigenvalue weighted by Crippen LogP contribution is 2.32. The van der Waals surface area contributed by atoms with Crippen LogP contribution < -0.4 is 4.74 Å². The van der Waals surface area contributed by atoms with Crippen LogP contribution >= 0.6 is 0 Å². The van der Waals surface area contributed by atoms with Crippen molar-refractivity contribution in [3.8, 4) is 5.75 Å². The van der Waals surface area contributed by atoms with E-state index in [1.165, 1.54) is 23.5 Å². The summed E-state index contributed by atoms with van der Waals surface area (Å²) in [5.41, 5.74) is -0.196. The molecular weight excluding hydrogens is 296 g/mol. The van der Waals surface area contributed by atoms with Crippen LogP contribution in [0, 0.1) is 16.0 Å². The number of piperidine rings is 1. The number of hydrogen-bond acceptors (Lipinski definition) is 5. The van der Waals surface area contributed by atoms with Gasteiger partial charge in [0.05, 0.1) is 18.1 Å². The van der Waals surface area contributed by atoms with Crippen LogP contribution in [0.2, 0.25) is 0 Å². The van der Waals surface area contributed by atoms with E-state index >= 15 is 0 Å². The molecule has 0 N–H and O–H groups in total. The van der Waals surface area contributed by atoms with Crippen molar-refractivity contribution in [1.29, 1.82) is 0 Å². The summed E-state index contributed by atoms with van der Waals surface area (Å²) >= 11 is 0. The molecule has 0 spiro atoms. The molecule has 0 amide bonds. The summed E-state index contributed by atoms with van der Waals surface area (Å²) in [5, 5.41) is 10.8. The van der Waals surface area contributed by atoms with Crippen LogP contribution in [-0.2, 0) is 10.0 Å². The zero-order valence-electron chi connectivity index (χ0n) is 12.0. The van der Waals surface area contributed by atoms with E-state index in [4.69, 9.17) is 4.74 Å². The number of nitro groups is 1. The minimum Gasteiger partial charge on any atom is -0.495 e. The molecule has 0 aliphatic carbocycles. The maximum atomic E-state index is 12.7. The van der Waals surface area contributed by atoms with Crippen molar-refractivity contribution in [2.24, 2.45) is 5.92 Å². The third kappa shape index (κ3) is 3.16. The van der Waals surface area contributed by atoms with Gasteiger partial charge in [-0.25, -0.2) is 8.42 Å². The summed E-state index contributed by atoms with van der Waals surface area (Å²) in [6.45, 7) is 2.93. The Bertz CT molecular complexity index is 644. The Kier molecular flexibility index (Phi) is 4.48. The maximum Gasteiger partial charge on any atom is 0.273 e. The summed E-state index contributed by atoms with van der Waals surface area (Å²) in [6, 6.07) is 3.56. The fraction of sp³-hybridized carbons (Fsp3) is 0.538. The summed E-state index contributed by atoms with van der Waals surface area (Å²) < 4.78 is 31.8. The molecule has 1 aliphatic heterocycles. The fourth-order valence-electron chi connectivity index (χ4n) is 2.49. The smallest absolute Gasteiger partial charge is 0.273 e.